The first kappa shape index (κ1) is 25.0. The summed E-state index contributed by atoms with van der Waals surface area (Å²) in [6, 6.07) is 18.0. The average molecular weight is 579 g/mol. The second-order valence-electron chi connectivity index (χ2n) is 8.25. The second kappa shape index (κ2) is 10.4. The van der Waals surface area contributed by atoms with Gasteiger partial charge in [0.25, 0.3) is 5.56 Å². The molecule has 7 nitrogen and oxygen atoms in total. The first-order chi connectivity index (χ1) is 17.9. The number of fused-ring (bicyclic) bond motifs is 1. The van der Waals surface area contributed by atoms with E-state index in [-0.39, 0.29) is 17.7 Å². The van der Waals surface area contributed by atoms with Crippen LogP contribution in [0, 0.1) is 0 Å². The predicted octanol–water partition coefficient (Wildman–Crippen LogP) is 4.83. The molecule has 0 saturated heterocycles. The van der Waals surface area contributed by atoms with Gasteiger partial charge in [0, 0.05) is 15.6 Å². The van der Waals surface area contributed by atoms with Gasteiger partial charge < -0.3 is 13.9 Å². The Morgan fingerprint density at radius 1 is 1.16 bits per heavy atom. The molecule has 0 radical (unpaired) electrons. The van der Waals surface area contributed by atoms with Gasteiger partial charge in [-0.3, -0.25) is 9.36 Å². The fourth-order valence-electron chi connectivity index (χ4n) is 4.26. The fraction of sp³-hybridized carbons (Fsp3) is 0.179. The normalized spacial score (nSPS) is 15.4. The third kappa shape index (κ3) is 4.72. The van der Waals surface area contributed by atoms with Crippen molar-refractivity contribution in [1.82, 2.24) is 4.57 Å². The highest BCUT2D eigenvalue weighted by Gasteiger charge is 2.35. The first-order valence-corrected chi connectivity index (χ1v) is 13.2. The van der Waals surface area contributed by atoms with Gasteiger partial charge in [-0.05, 0) is 50.3 Å². The van der Waals surface area contributed by atoms with Crippen molar-refractivity contribution in [1.29, 1.82) is 0 Å². The molecule has 2 aromatic carbocycles. The van der Waals surface area contributed by atoms with Crippen LogP contribution in [0.2, 0.25) is 0 Å². The topological polar surface area (TPSA) is 83.0 Å². The summed E-state index contributed by atoms with van der Waals surface area (Å²) < 4.78 is 20.0. The number of nitrogens with zero attached hydrogens (tertiary/aromatic N) is 2. The van der Waals surface area contributed by atoms with Crippen LogP contribution < -0.4 is 19.6 Å². The first-order valence-electron chi connectivity index (χ1n) is 11.6. The molecule has 0 aliphatic carbocycles. The van der Waals surface area contributed by atoms with Crippen molar-refractivity contribution in [2.24, 2.45) is 4.99 Å². The number of thiazole rings is 1. The highest BCUT2D eigenvalue weighted by molar-refractivity contribution is 9.10. The Kier molecular flexibility index (Phi) is 6.99. The minimum absolute atomic E-state index is 0.197. The highest BCUT2D eigenvalue weighted by Crippen LogP contribution is 2.34. The number of allylic oxidation sites excluding steroid dienone is 1. The van der Waals surface area contributed by atoms with Gasteiger partial charge in [0.2, 0.25) is 0 Å². The van der Waals surface area contributed by atoms with Crippen LogP contribution in [0.25, 0.3) is 17.4 Å². The lowest BCUT2D eigenvalue weighted by Gasteiger charge is -2.22. The molecular weight excluding hydrogens is 556 g/mol. The molecular formula is C28H23BrN2O5S. The van der Waals surface area contributed by atoms with Gasteiger partial charge in [0.05, 0.1) is 29.5 Å². The monoisotopic (exact) mass is 578 g/mol. The molecule has 37 heavy (non-hydrogen) atoms. The minimum Gasteiger partial charge on any atom is -0.496 e. The zero-order valence-corrected chi connectivity index (χ0v) is 22.8. The van der Waals surface area contributed by atoms with E-state index >= 15 is 0 Å². The molecule has 0 N–H and O–H groups in total. The number of aromatic nitrogens is 1. The fourth-order valence-corrected chi connectivity index (χ4v) is 5.56. The van der Waals surface area contributed by atoms with E-state index in [0.29, 0.717) is 32.3 Å². The van der Waals surface area contributed by atoms with Crippen LogP contribution in [0.15, 0.2) is 90.6 Å². The Labute approximate surface area is 225 Å². The SMILES string of the molecule is CCOC(=O)C1=C(C)N=c2s/c(=C\c3ccccc3OC)c(=O)n2[C@H]1c1ccc(-c2ccc(Br)cc2)o1. The molecule has 0 bridgehead atoms. The molecule has 1 aliphatic rings. The summed E-state index contributed by atoms with van der Waals surface area (Å²) >= 11 is 4.70. The lowest BCUT2D eigenvalue weighted by molar-refractivity contribution is -0.139. The summed E-state index contributed by atoms with van der Waals surface area (Å²) in [6.45, 7) is 3.68. The van der Waals surface area contributed by atoms with Crippen LogP contribution in [-0.4, -0.2) is 24.3 Å². The third-order valence-electron chi connectivity index (χ3n) is 5.97. The van der Waals surface area contributed by atoms with E-state index in [0.717, 1.165) is 15.6 Å². The molecule has 1 aliphatic heterocycles. The van der Waals surface area contributed by atoms with Crippen LogP contribution in [0.5, 0.6) is 5.75 Å². The molecule has 5 rings (SSSR count). The molecule has 188 valence electrons. The average Bonchev–Trinajstić information content (AvgIpc) is 3.49. The van der Waals surface area contributed by atoms with Crippen molar-refractivity contribution in [3.05, 3.63) is 107 Å². The zero-order valence-electron chi connectivity index (χ0n) is 20.4. The molecule has 0 saturated carbocycles. The van der Waals surface area contributed by atoms with Gasteiger partial charge in [0.15, 0.2) is 4.80 Å². The number of carbonyl (C=O) groups excluding carboxylic acids is 1. The van der Waals surface area contributed by atoms with E-state index in [1.165, 1.54) is 15.9 Å². The van der Waals surface area contributed by atoms with Crippen LogP contribution in [0.3, 0.4) is 0 Å². The molecule has 4 aromatic rings. The van der Waals surface area contributed by atoms with Gasteiger partial charge in [-0.2, -0.15) is 0 Å². The van der Waals surface area contributed by atoms with E-state index in [2.05, 4.69) is 20.9 Å². The van der Waals surface area contributed by atoms with Gasteiger partial charge in [0.1, 0.15) is 23.3 Å². The largest absolute Gasteiger partial charge is 0.496 e. The summed E-state index contributed by atoms with van der Waals surface area (Å²) in [5, 5.41) is 0. The highest BCUT2D eigenvalue weighted by atomic mass is 79.9. The lowest BCUT2D eigenvalue weighted by atomic mass is 10.0. The molecule has 0 fully saturated rings. The smallest absolute Gasteiger partial charge is 0.338 e. The number of halogens is 1. The number of rotatable bonds is 6. The number of methoxy groups -OCH3 is 1. The Hall–Kier alpha value is -3.69. The number of para-hydroxylation sites is 1. The van der Waals surface area contributed by atoms with E-state index in [9.17, 15) is 9.59 Å². The number of esters is 1. The lowest BCUT2D eigenvalue weighted by Crippen LogP contribution is -2.39. The zero-order chi connectivity index (χ0) is 26.1. The number of benzene rings is 2. The summed E-state index contributed by atoms with van der Waals surface area (Å²) in [6.07, 6.45) is 1.78. The number of hydrogen-bond donors (Lipinski definition) is 0. The number of furan rings is 1. The maximum atomic E-state index is 13.8. The van der Waals surface area contributed by atoms with Gasteiger partial charge in [-0.25, -0.2) is 9.79 Å². The quantitative estimate of drug-likeness (QED) is 0.306. The molecule has 3 heterocycles. The van der Waals surface area contributed by atoms with Gasteiger partial charge in [-0.1, -0.05) is 57.6 Å². The van der Waals surface area contributed by atoms with E-state index in [4.69, 9.17) is 13.9 Å². The van der Waals surface area contributed by atoms with Gasteiger partial charge >= 0.3 is 5.97 Å². The molecule has 0 spiro atoms. The predicted molar refractivity (Wildman–Crippen MR) is 145 cm³/mol. The van der Waals surface area contributed by atoms with E-state index in [1.54, 1.807) is 33.1 Å². The molecule has 0 amide bonds. The van der Waals surface area contributed by atoms with Crippen LogP contribution in [-0.2, 0) is 9.53 Å². The Morgan fingerprint density at radius 3 is 2.65 bits per heavy atom. The summed E-state index contributed by atoms with van der Waals surface area (Å²) in [4.78, 5) is 31.9. The standard InChI is InChI=1S/C28H23BrN2O5S/c1-4-35-27(33)24-16(2)30-28-31(26(32)23(37-28)15-18-7-5-6-8-20(18)34-3)25(24)22-14-13-21(36-22)17-9-11-19(29)12-10-17/h5-15,25H,4H2,1-3H3/b23-15-/t25-/m0/s1. The van der Waals surface area contributed by atoms with E-state index in [1.807, 2.05) is 54.6 Å². The Morgan fingerprint density at radius 2 is 1.92 bits per heavy atom. The van der Waals surface area contributed by atoms with Crippen molar-refractivity contribution in [3.63, 3.8) is 0 Å². The minimum atomic E-state index is -0.820. The van der Waals surface area contributed by atoms with Crippen LogP contribution in [0.1, 0.15) is 31.2 Å². The van der Waals surface area contributed by atoms with Gasteiger partial charge in [-0.15, -0.1) is 0 Å². The molecule has 1 atom stereocenters. The summed E-state index contributed by atoms with van der Waals surface area (Å²) in [5.74, 6) is 1.18. The van der Waals surface area contributed by atoms with Crippen LogP contribution >= 0.6 is 27.3 Å². The summed E-state index contributed by atoms with van der Waals surface area (Å²) in [7, 11) is 1.59. The van der Waals surface area contributed by atoms with E-state index < -0.39 is 12.0 Å². The van der Waals surface area contributed by atoms with Crippen molar-refractivity contribution in [2.75, 3.05) is 13.7 Å². The summed E-state index contributed by atoms with van der Waals surface area (Å²) in [5.41, 5.74) is 2.11. The Bertz CT molecular complexity index is 1700. The maximum Gasteiger partial charge on any atom is 0.338 e. The van der Waals surface area contributed by atoms with Crippen molar-refractivity contribution in [2.45, 2.75) is 19.9 Å². The molecule has 9 heteroatoms. The van der Waals surface area contributed by atoms with Crippen molar-refractivity contribution >= 4 is 39.3 Å². The van der Waals surface area contributed by atoms with Crippen molar-refractivity contribution in [3.8, 4) is 17.1 Å². The maximum absolute atomic E-state index is 13.8. The van der Waals surface area contributed by atoms with Crippen LogP contribution in [0.4, 0.5) is 0 Å². The second-order valence-corrected chi connectivity index (χ2v) is 10.2. The van der Waals surface area contributed by atoms with Crippen molar-refractivity contribution < 1.29 is 18.7 Å². The number of carbonyl (C=O) groups is 1. The number of ether oxygens (including phenoxy) is 2. The molecule has 2 aromatic heterocycles. The third-order valence-corrected chi connectivity index (χ3v) is 7.48. The Balaban J connectivity index is 1.70. The number of hydrogen-bond acceptors (Lipinski definition) is 7. The molecule has 0 unspecified atom stereocenters.